The van der Waals surface area contributed by atoms with Crippen LogP contribution in [0.15, 0.2) is 6.33 Å². The summed E-state index contributed by atoms with van der Waals surface area (Å²) in [5.41, 5.74) is 0. The lowest BCUT2D eigenvalue weighted by atomic mass is 10.1. The predicted molar refractivity (Wildman–Crippen MR) is 51.1 cm³/mol. The molecule has 4 nitrogen and oxygen atoms in total. The molecular formula is C6H12Cl2N4. The molecule has 1 aliphatic rings. The zero-order valence-corrected chi connectivity index (χ0v) is 8.12. The third-order valence-electron chi connectivity index (χ3n) is 1.88. The number of rotatable bonds is 1. The van der Waals surface area contributed by atoms with Crippen LogP contribution in [0.25, 0.3) is 0 Å². The van der Waals surface area contributed by atoms with Crippen molar-refractivity contribution in [3.8, 4) is 0 Å². The lowest BCUT2D eigenvalue weighted by Gasteiger charge is -2.00. The van der Waals surface area contributed by atoms with Crippen molar-refractivity contribution in [3.05, 3.63) is 12.2 Å². The van der Waals surface area contributed by atoms with Crippen molar-refractivity contribution < 1.29 is 0 Å². The van der Waals surface area contributed by atoms with Crippen molar-refractivity contribution in [2.24, 2.45) is 0 Å². The van der Waals surface area contributed by atoms with Gasteiger partial charge in [-0.05, 0) is 13.0 Å². The van der Waals surface area contributed by atoms with E-state index in [1.165, 1.54) is 6.42 Å². The topological polar surface area (TPSA) is 53.6 Å². The number of hydrogen-bond donors (Lipinski definition) is 2. The van der Waals surface area contributed by atoms with Gasteiger partial charge in [-0.1, -0.05) is 0 Å². The first-order valence-electron chi connectivity index (χ1n) is 3.53. The van der Waals surface area contributed by atoms with Gasteiger partial charge in [0.2, 0.25) is 0 Å². The summed E-state index contributed by atoms with van der Waals surface area (Å²) in [5, 5.41) is 9.95. The maximum Gasteiger partial charge on any atom is 0.137 e. The van der Waals surface area contributed by atoms with Crippen LogP contribution in [0.1, 0.15) is 18.2 Å². The normalized spacial score (nSPS) is 21.2. The van der Waals surface area contributed by atoms with Crippen molar-refractivity contribution in [2.45, 2.75) is 12.3 Å². The van der Waals surface area contributed by atoms with E-state index in [0.29, 0.717) is 5.92 Å². The maximum atomic E-state index is 4.09. The van der Waals surface area contributed by atoms with Gasteiger partial charge in [0.05, 0.1) is 0 Å². The number of hydrogen-bond acceptors (Lipinski definition) is 3. The molecule has 1 aliphatic heterocycles. The Balaban J connectivity index is 0.000000605. The van der Waals surface area contributed by atoms with Gasteiger partial charge >= 0.3 is 0 Å². The average molecular weight is 211 g/mol. The van der Waals surface area contributed by atoms with E-state index in [9.17, 15) is 0 Å². The highest BCUT2D eigenvalue weighted by Gasteiger charge is 2.18. The molecule has 0 spiro atoms. The number of nitrogens with one attached hydrogen (secondary N) is 2. The molecular weight excluding hydrogens is 199 g/mol. The fourth-order valence-corrected chi connectivity index (χ4v) is 1.30. The molecule has 1 aromatic heterocycles. The Morgan fingerprint density at radius 2 is 2.25 bits per heavy atom. The Morgan fingerprint density at radius 1 is 1.42 bits per heavy atom. The predicted octanol–water partition coefficient (Wildman–Crippen LogP) is 0.725. The highest BCUT2D eigenvalue weighted by atomic mass is 35.5. The SMILES string of the molecule is Cl.Cl.c1n[nH]c(C2CCNC2)n1. The number of H-pyrrole nitrogens is 1. The highest BCUT2D eigenvalue weighted by Crippen LogP contribution is 2.16. The van der Waals surface area contributed by atoms with Crippen molar-refractivity contribution in [1.82, 2.24) is 20.5 Å². The second kappa shape index (κ2) is 5.35. The van der Waals surface area contributed by atoms with E-state index in [4.69, 9.17) is 0 Å². The molecule has 1 aromatic rings. The average Bonchev–Trinajstić information content (AvgIpc) is 2.59. The Bertz CT molecular complexity index is 195. The van der Waals surface area contributed by atoms with Gasteiger partial charge in [-0.3, -0.25) is 5.10 Å². The first kappa shape index (κ1) is 11.7. The summed E-state index contributed by atoms with van der Waals surface area (Å²) in [6, 6.07) is 0. The third kappa shape index (κ3) is 2.33. The van der Waals surface area contributed by atoms with E-state index in [-0.39, 0.29) is 24.8 Å². The number of halogens is 2. The number of aromatic nitrogens is 3. The van der Waals surface area contributed by atoms with Crippen LogP contribution in [-0.2, 0) is 0 Å². The van der Waals surface area contributed by atoms with Gasteiger partial charge in [0.25, 0.3) is 0 Å². The van der Waals surface area contributed by atoms with E-state index >= 15 is 0 Å². The molecule has 0 amide bonds. The molecule has 70 valence electrons. The zero-order valence-electron chi connectivity index (χ0n) is 6.49. The lowest BCUT2D eigenvalue weighted by Crippen LogP contribution is -2.08. The number of nitrogens with zero attached hydrogens (tertiary/aromatic N) is 2. The lowest BCUT2D eigenvalue weighted by molar-refractivity contribution is 0.706. The highest BCUT2D eigenvalue weighted by molar-refractivity contribution is 5.85. The van der Waals surface area contributed by atoms with Crippen LogP contribution in [-0.4, -0.2) is 28.3 Å². The molecule has 0 saturated carbocycles. The smallest absolute Gasteiger partial charge is 0.137 e. The summed E-state index contributed by atoms with van der Waals surface area (Å²) in [6.45, 7) is 2.14. The second-order valence-electron chi connectivity index (χ2n) is 2.56. The fraction of sp³-hybridized carbons (Fsp3) is 0.667. The quantitative estimate of drug-likeness (QED) is 0.719. The molecule has 0 aliphatic carbocycles. The maximum absolute atomic E-state index is 4.09. The molecule has 0 bridgehead atoms. The summed E-state index contributed by atoms with van der Waals surface area (Å²) in [4.78, 5) is 4.09. The molecule has 2 heterocycles. The summed E-state index contributed by atoms with van der Waals surface area (Å²) in [5.74, 6) is 1.58. The Hall–Kier alpha value is -0.320. The van der Waals surface area contributed by atoms with Crippen molar-refractivity contribution in [2.75, 3.05) is 13.1 Å². The largest absolute Gasteiger partial charge is 0.316 e. The van der Waals surface area contributed by atoms with Crippen molar-refractivity contribution >= 4 is 24.8 Å². The van der Waals surface area contributed by atoms with Gasteiger partial charge in [0.1, 0.15) is 12.2 Å². The summed E-state index contributed by atoms with van der Waals surface area (Å²) >= 11 is 0. The molecule has 2 rings (SSSR count). The van der Waals surface area contributed by atoms with Crippen LogP contribution >= 0.6 is 24.8 Å². The molecule has 6 heteroatoms. The first-order valence-corrected chi connectivity index (χ1v) is 3.53. The first-order chi connectivity index (χ1) is 4.97. The molecule has 2 N–H and O–H groups in total. The monoisotopic (exact) mass is 210 g/mol. The molecule has 1 fully saturated rings. The van der Waals surface area contributed by atoms with Crippen LogP contribution in [0.3, 0.4) is 0 Å². The fourth-order valence-electron chi connectivity index (χ4n) is 1.30. The van der Waals surface area contributed by atoms with Crippen LogP contribution in [0.5, 0.6) is 0 Å². The minimum Gasteiger partial charge on any atom is -0.316 e. The van der Waals surface area contributed by atoms with E-state index in [1.54, 1.807) is 6.33 Å². The van der Waals surface area contributed by atoms with Gasteiger partial charge in [-0.25, -0.2) is 4.98 Å². The molecule has 1 unspecified atom stereocenters. The van der Waals surface area contributed by atoms with Crippen molar-refractivity contribution in [3.63, 3.8) is 0 Å². The molecule has 1 saturated heterocycles. The van der Waals surface area contributed by atoms with Crippen LogP contribution in [0.2, 0.25) is 0 Å². The summed E-state index contributed by atoms with van der Waals surface area (Å²) in [7, 11) is 0. The van der Waals surface area contributed by atoms with Gasteiger partial charge in [0, 0.05) is 12.5 Å². The summed E-state index contributed by atoms with van der Waals surface area (Å²) < 4.78 is 0. The van der Waals surface area contributed by atoms with E-state index in [1.807, 2.05) is 0 Å². The van der Waals surface area contributed by atoms with Crippen LogP contribution in [0, 0.1) is 0 Å². The molecule has 0 radical (unpaired) electrons. The van der Waals surface area contributed by atoms with E-state index < -0.39 is 0 Å². The third-order valence-corrected chi connectivity index (χ3v) is 1.88. The zero-order chi connectivity index (χ0) is 6.81. The van der Waals surface area contributed by atoms with E-state index in [0.717, 1.165) is 18.9 Å². The van der Waals surface area contributed by atoms with Crippen LogP contribution in [0.4, 0.5) is 0 Å². The Kier molecular flexibility index (Phi) is 5.20. The standard InChI is InChI=1S/C6H10N4.2ClH/c1-2-7-3-5(1)6-8-4-9-10-6;;/h4-5,7H,1-3H2,(H,8,9,10);2*1H. The van der Waals surface area contributed by atoms with Gasteiger partial charge in [-0.2, -0.15) is 5.10 Å². The minimum atomic E-state index is 0. The summed E-state index contributed by atoms with van der Waals surface area (Å²) in [6.07, 6.45) is 2.74. The number of aromatic amines is 1. The Morgan fingerprint density at radius 3 is 2.75 bits per heavy atom. The minimum absolute atomic E-state index is 0. The van der Waals surface area contributed by atoms with Gasteiger partial charge < -0.3 is 5.32 Å². The van der Waals surface area contributed by atoms with Gasteiger partial charge in [0.15, 0.2) is 0 Å². The molecule has 12 heavy (non-hydrogen) atoms. The van der Waals surface area contributed by atoms with Crippen LogP contribution < -0.4 is 5.32 Å². The van der Waals surface area contributed by atoms with Gasteiger partial charge in [-0.15, -0.1) is 24.8 Å². The van der Waals surface area contributed by atoms with E-state index in [2.05, 4.69) is 20.5 Å². The van der Waals surface area contributed by atoms with Crippen molar-refractivity contribution in [1.29, 1.82) is 0 Å². The molecule has 0 aromatic carbocycles. The molecule has 1 atom stereocenters. The Labute approximate surface area is 83.4 Å². The second-order valence-corrected chi connectivity index (χ2v) is 2.56.